The summed E-state index contributed by atoms with van der Waals surface area (Å²) in [5.41, 5.74) is 5.10. The third kappa shape index (κ3) is 2.33. The molecule has 1 saturated heterocycles. The van der Waals surface area contributed by atoms with Gasteiger partial charge in [0.15, 0.2) is 11.5 Å². The second kappa shape index (κ2) is 4.99. The Kier molecular flexibility index (Phi) is 3.37. The van der Waals surface area contributed by atoms with Crippen molar-refractivity contribution in [1.29, 1.82) is 0 Å². The maximum Gasteiger partial charge on any atom is 0.413 e. The largest absolute Gasteiger partial charge is 0.413 e. The van der Waals surface area contributed by atoms with E-state index in [-0.39, 0.29) is 18.9 Å². The number of imidazole rings is 1. The first kappa shape index (κ1) is 14.9. The highest BCUT2D eigenvalue weighted by molar-refractivity contribution is 7.69. The summed E-state index contributed by atoms with van der Waals surface area (Å²) < 4.78 is 12.6. The van der Waals surface area contributed by atoms with Crippen molar-refractivity contribution in [2.24, 2.45) is 0 Å². The Morgan fingerprint density at radius 2 is 2.05 bits per heavy atom. The summed E-state index contributed by atoms with van der Waals surface area (Å²) >= 11 is 0. The molecule has 2 aromatic rings. The highest BCUT2D eigenvalue weighted by Crippen LogP contribution is 2.40. The summed E-state index contributed by atoms with van der Waals surface area (Å²) in [5.74, 6) is 0.180. The van der Waals surface area contributed by atoms with Gasteiger partial charge in [0.05, 0.1) is 18.5 Å². The van der Waals surface area contributed by atoms with Crippen LogP contribution in [0.25, 0.3) is 11.2 Å². The number of amides is 1. The molecule has 3 heterocycles. The Bertz CT molecular complexity index is 787. The van der Waals surface area contributed by atoms with Crippen LogP contribution in [0.5, 0.6) is 0 Å². The normalized spacial score (nSPS) is 22.4. The molecule has 0 radical (unpaired) electrons. The number of hydrogen-bond acceptors (Lipinski definition) is 7. The van der Waals surface area contributed by atoms with Gasteiger partial charge in [0.25, 0.3) is 0 Å². The fourth-order valence-corrected chi connectivity index (χ4v) is 3.03. The first-order chi connectivity index (χ1) is 10.3. The molecule has 3 rings (SSSR count). The average Bonchev–Trinajstić information content (AvgIpc) is 3.01. The topological polar surface area (TPSA) is 168 Å². The summed E-state index contributed by atoms with van der Waals surface area (Å²) in [6.45, 7) is -0.255. The molecule has 0 spiro atoms. The SMILES string of the molecule is Nc1ncnc2c1ncn2[C@@H]1CN(C(=O)P(=O)(O)O)C[C@H]1O. The van der Waals surface area contributed by atoms with E-state index in [1.807, 2.05) is 0 Å². The summed E-state index contributed by atoms with van der Waals surface area (Å²) in [6.07, 6.45) is 1.63. The van der Waals surface area contributed by atoms with Gasteiger partial charge in [-0.1, -0.05) is 0 Å². The van der Waals surface area contributed by atoms with Gasteiger partial charge in [0.1, 0.15) is 11.8 Å². The van der Waals surface area contributed by atoms with Crippen LogP contribution in [-0.2, 0) is 4.57 Å². The van der Waals surface area contributed by atoms with Crippen LogP contribution in [-0.4, -0.2) is 64.2 Å². The van der Waals surface area contributed by atoms with E-state index < -0.39 is 25.4 Å². The number of aliphatic hydroxyl groups is 1. The Labute approximate surface area is 123 Å². The van der Waals surface area contributed by atoms with Crippen molar-refractivity contribution in [3.63, 3.8) is 0 Å². The van der Waals surface area contributed by atoms with Crippen LogP contribution < -0.4 is 5.73 Å². The molecule has 22 heavy (non-hydrogen) atoms. The van der Waals surface area contributed by atoms with Crippen LogP contribution in [0.2, 0.25) is 0 Å². The third-order valence-corrected chi connectivity index (χ3v) is 4.30. The number of carbonyl (C=O) groups excluding carboxylic acids is 1. The number of likely N-dealkylation sites (tertiary alicyclic amines) is 1. The van der Waals surface area contributed by atoms with Gasteiger partial charge >= 0.3 is 13.2 Å². The predicted octanol–water partition coefficient (Wildman–Crippen LogP) is -1.08. The maximum atomic E-state index is 11.6. The lowest BCUT2D eigenvalue weighted by molar-refractivity contribution is 0.147. The number of fused-ring (bicyclic) bond motifs is 1. The van der Waals surface area contributed by atoms with Crippen molar-refractivity contribution < 1.29 is 24.3 Å². The molecule has 1 aliphatic heterocycles. The molecule has 5 N–H and O–H groups in total. The van der Waals surface area contributed by atoms with Crippen molar-refractivity contribution in [3.8, 4) is 0 Å². The minimum absolute atomic E-state index is 0.0690. The van der Waals surface area contributed by atoms with E-state index in [1.54, 1.807) is 0 Å². The zero-order valence-electron chi connectivity index (χ0n) is 11.1. The van der Waals surface area contributed by atoms with Crippen LogP contribution in [0.4, 0.5) is 10.6 Å². The van der Waals surface area contributed by atoms with Crippen molar-refractivity contribution in [1.82, 2.24) is 24.4 Å². The van der Waals surface area contributed by atoms with Gasteiger partial charge in [0.2, 0.25) is 0 Å². The number of nitrogens with zero attached hydrogens (tertiary/aromatic N) is 5. The number of rotatable bonds is 2. The van der Waals surface area contributed by atoms with Crippen molar-refractivity contribution in [3.05, 3.63) is 12.7 Å². The molecule has 1 aliphatic rings. The summed E-state index contributed by atoms with van der Waals surface area (Å²) in [7, 11) is -4.89. The first-order valence-corrected chi connectivity index (χ1v) is 7.86. The summed E-state index contributed by atoms with van der Waals surface area (Å²) in [4.78, 5) is 42.3. The predicted molar refractivity (Wildman–Crippen MR) is 73.8 cm³/mol. The van der Waals surface area contributed by atoms with Gasteiger partial charge in [-0.15, -0.1) is 0 Å². The number of nitrogens with two attached hydrogens (primary N) is 1. The number of aromatic nitrogens is 4. The lowest BCUT2D eigenvalue weighted by atomic mass is 10.2. The summed E-state index contributed by atoms with van der Waals surface area (Å²) in [6, 6.07) is -0.630. The molecule has 12 heteroatoms. The molecular formula is C10H13N6O5P. The molecule has 0 unspecified atom stereocenters. The minimum Gasteiger partial charge on any atom is -0.389 e. The minimum atomic E-state index is -4.89. The van der Waals surface area contributed by atoms with E-state index in [9.17, 15) is 14.5 Å². The molecular weight excluding hydrogens is 315 g/mol. The second-order valence-electron chi connectivity index (χ2n) is 4.95. The quantitative estimate of drug-likeness (QED) is 0.501. The van der Waals surface area contributed by atoms with E-state index in [1.165, 1.54) is 17.2 Å². The fourth-order valence-electron chi connectivity index (χ4n) is 2.50. The molecule has 0 bridgehead atoms. The second-order valence-corrected chi connectivity index (χ2v) is 6.42. The number of nitrogen functional groups attached to an aromatic ring is 1. The van der Waals surface area contributed by atoms with Crippen LogP contribution >= 0.6 is 7.60 Å². The monoisotopic (exact) mass is 328 g/mol. The Morgan fingerprint density at radius 1 is 1.32 bits per heavy atom. The average molecular weight is 328 g/mol. The van der Waals surface area contributed by atoms with Gasteiger partial charge in [-0.25, -0.2) is 19.5 Å². The van der Waals surface area contributed by atoms with Gasteiger partial charge in [0, 0.05) is 13.1 Å². The Hall–Kier alpha value is -2.07. The highest BCUT2D eigenvalue weighted by Gasteiger charge is 2.41. The zero-order chi connectivity index (χ0) is 16.1. The molecule has 1 amide bonds. The maximum absolute atomic E-state index is 11.6. The Morgan fingerprint density at radius 3 is 2.73 bits per heavy atom. The number of anilines is 1. The van der Waals surface area contributed by atoms with E-state index in [0.29, 0.717) is 11.2 Å². The van der Waals surface area contributed by atoms with E-state index in [4.69, 9.17) is 15.5 Å². The van der Waals surface area contributed by atoms with Gasteiger partial charge in [-0.3, -0.25) is 4.79 Å². The number of hydrogen-bond donors (Lipinski definition) is 4. The van der Waals surface area contributed by atoms with Crippen LogP contribution in [0.3, 0.4) is 0 Å². The lowest BCUT2D eigenvalue weighted by Gasteiger charge is -2.17. The summed E-state index contributed by atoms with van der Waals surface area (Å²) in [5, 5.41) is 10.1. The number of β-amino-alcohol motifs (C(OH)–C–C–N with tert-alkyl or cyclic N) is 1. The number of aliphatic hydroxyl groups excluding tert-OH is 1. The number of carbonyl (C=O) groups is 1. The van der Waals surface area contributed by atoms with Crippen LogP contribution in [0.15, 0.2) is 12.7 Å². The lowest BCUT2D eigenvalue weighted by Crippen LogP contribution is -2.28. The standard InChI is InChI=1S/C10H13N6O5P/c11-8-7-9(13-3-12-8)16(4-14-7)5-1-15(2-6(5)17)10(18)22(19,20)21/h3-6,17H,1-2H2,(H2,11,12,13)(H2,19,20,21)/t5-,6-/m1/s1. The fraction of sp³-hybridized carbons (Fsp3) is 0.400. The molecule has 11 nitrogen and oxygen atoms in total. The first-order valence-electron chi connectivity index (χ1n) is 6.25. The van der Waals surface area contributed by atoms with E-state index in [0.717, 1.165) is 4.90 Å². The van der Waals surface area contributed by atoms with E-state index in [2.05, 4.69) is 15.0 Å². The zero-order valence-corrected chi connectivity index (χ0v) is 12.0. The highest BCUT2D eigenvalue weighted by atomic mass is 31.2. The van der Waals surface area contributed by atoms with Crippen LogP contribution in [0.1, 0.15) is 6.04 Å². The van der Waals surface area contributed by atoms with Crippen LogP contribution in [0, 0.1) is 0 Å². The van der Waals surface area contributed by atoms with Crippen molar-refractivity contribution >= 4 is 30.2 Å². The van der Waals surface area contributed by atoms with Gasteiger partial charge in [-0.05, 0) is 0 Å². The molecule has 0 aliphatic carbocycles. The molecule has 2 atom stereocenters. The Balaban J connectivity index is 1.94. The third-order valence-electron chi connectivity index (χ3n) is 3.52. The van der Waals surface area contributed by atoms with Crippen molar-refractivity contribution in [2.75, 3.05) is 18.8 Å². The molecule has 118 valence electrons. The molecule has 0 saturated carbocycles. The van der Waals surface area contributed by atoms with Gasteiger partial charge in [-0.2, -0.15) is 0 Å². The smallest absolute Gasteiger partial charge is 0.389 e. The van der Waals surface area contributed by atoms with Crippen molar-refractivity contribution in [2.45, 2.75) is 12.1 Å². The van der Waals surface area contributed by atoms with E-state index >= 15 is 0 Å². The molecule has 2 aromatic heterocycles. The van der Waals surface area contributed by atoms with Gasteiger partial charge < -0.3 is 30.1 Å². The molecule has 0 aromatic carbocycles. The molecule has 1 fully saturated rings.